The van der Waals surface area contributed by atoms with Gasteiger partial charge >= 0.3 is 125 Å². The van der Waals surface area contributed by atoms with Crippen molar-refractivity contribution in [2.24, 2.45) is 0 Å². The summed E-state index contributed by atoms with van der Waals surface area (Å²) in [5.74, 6) is 0. The van der Waals surface area contributed by atoms with Gasteiger partial charge in [0, 0.05) is 0 Å². The Morgan fingerprint density at radius 1 is 1.25 bits per heavy atom. The molecule has 0 aliphatic rings. The SMILES string of the molecule is [CH3][Ce].[CaH2].[SrH2]. The van der Waals surface area contributed by atoms with Gasteiger partial charge in [0.2, 0.25) is 0 Å². The van der Waals surface area contributed by atoms with Gasteiger partial charge in [-0.25, -0.2) is 0 Å². The van der Waals surface area contributed by atoms with E-state index in [0.29, 0.717) is 0 Å². The maximum atomic E-state index is 2.14. The first-order chi connectivity index (χ1) is 1.00. The summed E-state index contributed by atoms with van der Waals surface area (Å²) in [5, 5.41) is 0. The van der Waals surface area contributed by atoms with Gasteiger partial charge in [-0.3, -0.25) is 0 Å². The third kappa shape index (κ3) is 9.45. The first kappa shape index (κ1) is 15.7. The van der Waals surface area contributed by atoms with E-state index in [2.05, 4.69) is 2.44 Å². The minimum absolute atomic E-state index is 0. The molecule has 0 atom stereocenters. The van der Waals surface area contributed by atoms with Crippen LogP contribution in [0.2, 0.25) is 2.44 Å². The Bertz CT molecular complexity index is 8.00. The van der Waals surface area contributed by atoms with Crippen molar-refractivity contribution >= 4 is 83.2 Å². The fraction of sp³-hybridized carbons (Fsp3) is 1.00. The summed E-state index contributed by atoms with van der Waals surface area (Å²) in [6.45, 7) is 0. The van der Waals surface area contributed by atoms with Gasteiger partial charge in [-0.05, 0) is 0 Å². The maximum absolute atomic E-state index is 2.14. The summed E-state index contributed by atoms with van der Waals surface area (Å²) < 4.78 is 2.14. The zero-order chi connectivity index (χ0) is 2.00. The summed E-state index contributed by atoms with van der Waals surface area (Å²) >= 11 is 1.31. The molecule has 0 rings (SSSR count). The molecule has 0 heterocycles. The fourth-order valence-electron chi connectivity index (χ4n) is 0. The van der Waals surface area contributed by atoms with E-state index in [0.717, 1.165) is 0 Å². The van der Waals surface area contributed by atoms with E-state index in [1.54, 1.807) is 0 Å². The minimum atomic E-state index is 0. The number of hydrogen-bond acceptors (Lipinski definition) is 0. The zero-order valence-electron chi connectivity index (χ0n) is 1.50. The van der Waals surface area contributed by atoms with E-state index < -0.39 is 0 Å². The standard InChI is InChI=1S/CH3.Ca.Ce.Sr.4H/h1H3;;;;;;;. The summed E-state index contributed by atoms with van der Waals surface area (Å²) in [5.41, 5.74) is 0. The molecule has 0 nitrogen and oxygen atoms in total. The van der Waals surface area contributed by atoms with Gasteiger partial charge < -0.3 is 0 Å². The van der Waals surface area contributed by atoms with Gasteiger partial charge in [0.05, 0.1) is 0 Å². The van der Waals surface area contributed by atoms with Crippen LogP contribution in [0, 0.1) is 39.6 Å². The van der Waals surface area contributed by atoms with Crippen LogP contribution in [0.4, 0.5) is 0 Å². The van der Waals surface area contributed by atoms with E-state index in [1.165, 1.54) is 39.6 Å². The summed E-state index contributed by atoms with van der Waals surface area (Å²) in [6.07, 6.45) is 0. The average Bonchev–Trinajstić information content (AvgIpc) is 1.00. The van der Waals surface area contributed by atoms with E-state index >= 15 is 0 Å². The van der Waals surface area contributed by atoms with Gasteiger partial charge in [0.1, 0.15) is 0 Å². The molecule has 0 aromatic heterocycles. The molecular weight excluding hydrogens is 280 g/mol. The molecule has 0 spiro atoms. The van der Waals surface area contributed by atoms with E-state index in [-0.39, 0.29) is 83.2 Å². The van der Waals surface area contributed by atoms with Gasteiger partial charge in [-0.2, -0.15) is 0 Å². The molecule has 0 aromatic rings. The molecule has 0 bridgehead atoms. The quantitative estimate of drug-likeness (QED) is 0.489. The number of rotatable bonds is 0. The predicted octanol–water partition coefficient (Wildman–Crippen LogP) is -1.25. The fourth-order valence-corrected chi connectivity index (χ4v) is 0. The van der Waals surface area contributed by atoms with Crippen LogP contribution in [-0.4, -0.2) is 83.2 Å². The van der Waals surface area contributed by atoms with E-state index in [4.69, 9.17) is 0 Å². The second-order valence-corrected chi connectivity index (χ2v) is 0. The normalized spacial score (nSPS) is 1.00. The van der Waals surface area contributed by atoms with Crippen LogP contribution in [0.3, 0.4) is 0 Å². The molecule has 0 aromatic carbocycles. The van der Waals surface area contributed by atoms with Crippen molar-refractivity contribution in [2.75, 3.05) is 0 Å². The molecule has 3 heteroatoms. The van der Waals surface area contributed by atoms with Gasteiger partial charge in [-0.15, -0.1) is 0 Å². The second-order valence-electron chi connectivity index (χ2n) is 0. The van der Waals surface area contributed by atoms with Crippen molar-refractivity contribution in [1.82, 2.24) is 0 Å². The summed E-state index contributed by atoms with van der Waals surface area (Å²) in [7, 11) is 0. The summed E-state index contributed by atoms with van der Waals surface area (Å²) in [6, 6.07) is 0. The molecule has 0 N–H and O–H groups in total. The topological polar surface area (TPSA) is 0 Å². The molecule has 0 radical (unpaired) electrons. The third-order valence-corrected chi connectivity index (χ3v) is 0. The van der Waals surface area contributed by atoms with Crippen molar-refractivity contribution in [2.45, 2.75) is 2.44 Å². The van der Waals surface area contributed by atoms with E-state index in [9.17, 15) is 0 Å². The first-order valence-corrected chi connectivity index (χ1v) is 3.64. The first-order valence-electron chi connectivity index (χ1n) is 0.500. The Kier molecular flexibility index (Phi) is 61.7. The Morgan fingerprint density at radius 3 is 1.25 bits per heavy atom. The predicted molar refractivity (Wildman–Crippen MR) is 23.0 cm³/mol. The summed E-state index contributed by atoms with van der Waals surface area (Å²) in [4.78, 5) is 0. The monoisotopic (exact) mass is 287 g/mol. The molecule has 0 aliphatic carbocycles. The Balaban J connectivity index is -0.00000000500. The van der Waals surface area contributed by atoms with Crippen LogP contribution >= 0.6 is 0 Å². The van der Waals surface area contributed by atoms with Crippen LogP contribution in [-0.2, 0) is 0 Å². The molecule has 0 amide bonds. The van der Waals surface area contributed by atoms with Crippen LogP contribution in [0.1, 0.15) is 0 Å². The molecule has 19 valence electrons. The Hall–Kier alpha value is 4.12. The van der Waals surface area contributed by atoms with Crippen molar-refractivity contribution in [1.29, 1.82) is 0 Å². The Morgan fingerprint density at radius 2 is 1.25 bits per heavy atom. The molecule has 0 saturated heterocycles. The molecule has 0 saturated carbocycles. The molecule has 4 heavy (non-hydrogen) atoms. The van der Waals surface area contributed by atoms with Crippen molar-refractivity contribution < 1.29 is 39.6 Å². The van der Waals surface area contributed by atoms with E-state index in [1.807, 2.05) is 0 Å². The van der Waals surface area contributed by atoms with Crippen molar-refractivity contribution in [3.63, 3.8) is 0 Å². The Labute approximate surface area is 121 Å². The van der Waals surface area contributed by atoms with Crippen molar-refractivity contribution in [3.8, 4) is 0 Å². The van der Waals surface area contributed by atoms with Gasteiger partial charge in [0.15, 0.2) is 0 Å². The van der Waals surface area contributed by atoms with Crippen LogP contribution in [0.25, 0.3) is 0 Å². The van der Waals surface area contributed by atoms with Crippen LogP contribution in [0.15, 0.2) is 0 Å². The third-order valence-electron chi connectivity index (χ3n) is 0. The zero-order valence-corrected chi connectivity index (χ0v) is 4.64. The second kappa shape index (κ2) is 15.7. The van der Waals surface area contributed by atoms with Crippen LogP contribution in [0.5, 0.6) is 0 Å². The molecule has 0 aliphatic heterocycles. The van der Waals surface area contributed by atoms with Crippen molar-refractivity contribution in [3.05, 3.63) is 0 Å². The molecular formula is CH7CaCeSr. The van der Waals surface area contributed by atoms with Gasteiger partial charge in [-0.1, -0.05) is 0 Å². The van der Waals surface area contributed by atoms with Crippen LogP contribution < -0.4 is 0 Å². The molecule has 0 unspecified atom stereocenters. The number of hydrogen-bond donors (Lipinski definition) is 0. The average molecular weight is 287 g/mol. The van der Waals surface area contributed by atoms with Gasteiger partial charge in [0.25, 0.3) is 0 Å². The molecule has 0 fully saturated rings.